The summed E-state index contributed by atoms with van der Waals surface area (Å²) in [6, 6.07) is 0.151. The van der Waals surface area contributed by atoms with Gasteiger partial charge in [-0.1, -0.05) is 6.42 Å². The molecule has 0 bridgehead atoms. The summed E-state index contributed by atoms with van der Waals surface area (Å²) in [6.45, 7) is 0. The van der Waals surface area contributed by atoms with Crippen molar-refractivity contribution in [2.75, 3.05) is 0 Å². The van der Waals surface area contributed by atoms with E-state index < -0.39 is 5.97 Å². The van der Waals surface area contributed by atoms with Crippen molar-refractivity contribution < 1.29 is 9.90 Å². The minimum Gasteiger partial charge on any atom is -0.481 e. The summed E-state index contributed by atoms with van der Waals surface area (Å²) in [4.78, 5) is 10.8. The summed E-state index contributed by atoms with van der Waals surface area (Å²) >= 11 is 0. The number of hydrogen-bond donors (Lipinski definition) is 2. The van der Waals surface area contributed by atoms with Crippen molar-refractivity contribution in [1.29, 1.82) is 0 Å². The lowest BCUT2D eigenvalue weighted by Gasteiger charge is -2.14. The van der Waals surface area contributed by atoms with Gasteiger partial charge in [-0.2, -0.15) is 0 Å². The van der Waals surface area contributed by atoms with E-state index in [0.717, 1.165) is 12.8 Å². The molecule has 2 fully saturated rings. The van der Waals surface area contributed by atoms with Crippen molar-refractivity contribution in [2.24, 2.45) is 23.5 Å². The van der Waals surface area contributed by atoms with Crippen molar-refractivity contribution in [2.45, 2.75) is 31.7 Å². The molecule has 0 heterocycles. The Morgan fingerprint density at radius 3 is 2.67 bits per heavy atom. The Kier molecular flexibility index (Phi) is 1.83. The highest BCUT2D eigenvalue weighted by Crippen LogP contribution is 2.46. The van der Waals surface area contributed by atoms with Crippen LogP contribution < -0.4 is 5.73 Å². The summed E-state index contributed by atoms with van der Waals surface area (Å²) in [5.74, 6) is 0.107. The van der Waals surface area contributed by atoms with E-state index in [-0.39, 0.29) is 12.0 Å². The number of carboxylic acid groups (broad SMARTS) is 1. The van der Waals surface area contributed by atoms with Gasteiger partial charge in [-0.25, -0.2) is 0 Å². The standard InChI is InChI=1S/C9H15NO2/c10-8-4-7(9(11)12)5-2-1-3-6(5)8/h5-8H,1-4,10H2,(H,11,12). The van der Waals surface area contributed by atoms with Gasteiger partial charge in [-0.15, -0.1) is 0 Å². The summed E-state index contributed by atoms with van der Waals surface area (Å²) < 4.78 is 0. The fraction of sp³-hybridized carbons (Fsp3) is 0.889. The molecule has 0 radical (unpaired) electrons. The summed E-state index contributed by atoms with van der Waals surface area (Å²) in [5.41, 5.74) is 5.88. The molecule has 0 aromatic heterocycles. The Morgan fingerprint density at radius 2 is 2.00 bits per heavy atom. The molecule has 4 atom stereocenters. The third kappa shape index (κ3) is 1.04. The van der Waals surface area contributed by atoms with Gasteiger partial charge in [0.15, 0.2) is 0 Å². The van der Waals surface area contributed by atoms with Gasteiger partial charge in [0, 0.05) is 6.04 Å². The molecule has 0 amide bonds. The van der Waals surface area contributed by atoms with Crippen molar-refractivity contribution in [3.8, 4) is 0 Å². The first-order chi connectivity index (χ1) is 5.70. The van der Waals surface area contributed by atoms with Crippen LogP contribution in [0.3, 0.4) is 0 Å². The molecular weight excluding hydrogens is 154 g/mol. The van der Waals surface area contributed by atoms with Gasteiger partial charge in [-0.3, -0.25) is 4.79 Å². The van der Waals surface area contributed by atoms with Crippen LogP contribution >= 0.6 is 0 Å². The topological polar surface area (TPSA) is 63.3 Å². The van der Waals surface area contributed by atoms with E-state index in [1.807, 2.05) is 0 Å². The van der Waals surface area contributed by atoms with E-state index in [4.69, 9.17) is 10.8 Å². The lowest BCUT2D eigenvalue weighted by molar-refractivity contribution is -0.143. The van der Waals surface area contributed by atoms with Gasteiger partial charge in [0.25, 0.3) is 0 Å². The van der Waals surface area contributed by atoms with Crippen molar-refractivity contribution in [3.63, 3.8) is 0 Å². The first-order valence-electron chi connectivity index (χ1n) is 4.68. The SMILES string of the molecule is NC1CC(C(=O)O)C2CCCC12. The van der Waals surface area contributed by atoms with Crippen LogP contribution in [0, 0.1) is 17.8 Å². The van der Waals surface area contributed by atoms with E-state index in [0.29, 0.717) is 18.3 Å². The number of carbonyl (C=O) groups is 1. The Bertz CT molecular complexity index is 205. The van der Waals surface area contributed by atoms with Crippen LogP contribution in [0.2, 0.25) is 0 Å². The molecule has 12 heavy (non-hydrogen) atoms. The maximum Gasteiger partial charge on any atom is 0.306 e. The lowest BCUT2D eigenvalue weighted by Crippen LogP contribution is -2.24. The predicted octanol–water partition coefficient (Wildman–Crippen LogP) is 0.834. The van der Waals surface area contributed by atoms with E-state index in [2.05, 4.69) is 0 Å². The highest BCUT2D eigenvalue weighted by atomic mass is 16.4. The predicted molar refractivity (Wildman–Crippen MR) is 44.5 cm³/mol. The molecule has 2 saturated carbocycles. The molecule has 0 aromatic carbocycles. The Labute approximate surface area is 71.9 Å². The van der Waals surface area contributed by atoms with Crippen LogP contribution in [-0.4, -0.2) is 17.1 Å². The molecule has 0 saturated heterocycles. The van der Waals surface area contributed by atoms with Crippen molar-refractivity contribution >= 4 is 5.97 Å². The van der Waals surface area contributed by atoms with E-state index in [9.17, 15) is 4.79 Å². The molecular formula is C9H15NO2. The normalized spacial score (nSPS) is 46.1. The van der Waals surface area contributed by atoms with Crippen LogP contribution in [0.15, 0.2) is 0 Å². The smallest absolute Gasteiger partial charge is 0.306 e. The molecule has 3 heteroatoms. The number of rotatable bonds is 1. The fourth-order valence-electron chi connectivity index (χ4n) is 2.98. The molecule has 3 nitrogen and oxygen atoms in total. The average molecular weight is 169 g/mol. The van der Waals surface area contributed by atoms with E-state index in [1.165, 1.54) is 6.42 Å². The monoisotopic (exact) mass is 169 g/mol. The van der Waals surface area contributed by atoms with Crippen LogP contribution in [0.25, 0.3) is 0 Å². The first-order valence-corrected chi connectivity index (χ1v) is 4.68. The summed E-state index contributed by atoms with van der Waals surface area (Å²) in [7, 11) is 0. The molecule has 2 rings (SSSR count). The van der Waals surface area contributed by atoms with Gasteiger partial charge in [0.1, 0.15) is 0 Å². The zero-order chi connectivity index (χ0) is 8.72. The van der Waals surface area contributed by atoms with Gasteiger partial charge in [0.05, 0.1) is 5.92 Å². The van der Waals surface area contributed by atoms with Gasteiger partial charge in [0.2, 0.25) is 0 Å². The minimum atomic E-state index is -0.639. The second kappa shape index (κ2) is 2.73. The zero-order valence-corrected chi connectivity index (χ0v) is 7.07. The number of carboxylic acids is 1. The molecule has 4 unspecified atom stereocenters. The largest absolute Gasteiger partial charge is 0.481 e. The van der Waals surface area contributed by atoms with Crippen LogP contribution in [0.4, 0.5) is 0 Å². The van der Waals surface area contributed by atoms with Gasteiger partial charge >= 0.3 is 5.97 Å². The summed E-state index contributed by atoms with van der Waals surface area (Å²) in [6.07, 6.45) is 4.10. The fourth-order valence-corrected chi connectivity index (χ4v) is 2.98. The molecule has 0 aromatic rings. The second-order valence-electron chi connectivity index (χ2n) is 4.10. The number of nitrogens with two attached hydrogens (primary N) is 1. The van der Waals surface area contributed by atoms with Crippen molar-refractivity contribution in [3.05, 3.63) is 0 Å². The van der Waals surface area contributed by atoms with E-state index in [1.54, 1.807) is 0 Å². The zero-order valence-electron chi connectivity index (χ0n) is 7.07. The molecule has 0 spiro atoms. The highest BCUT2D eigenvalue weighted by molar-refractivity contribution is 5.71. The third-order valence-electron chi connectivity index (χ3n) is 3.53. The number of hydrogen-bond acceptors (Lipinski definition) is 2. The second-order valence-corrected chi connectivity index (χ2v) is 4.10. The average Bonchev–Trinajstić information content (AvgIpc) is 2.53. The minimum absolute atomic E-state index is 0.146. The number of fused-ring (bicyclic) bond motifs is 1. The first kappa shape index (κ1) is 8.05. The lowest BCUT2D eigenvalue weighted by atomic mass is 9.92. The molecule has 3 N–H and O–H groups in total. The molecule has 0 aliphatic heterocycles. The Morgan fingerprint density at radius 1 is 1.33 bits per heavy atom. The summed E-state index contributed by atoms with van der Waals surface area (Å²) in [5, 5.41) is 8.92. The van der Waals surface area contributed by atoms with Crippen molar-refractivity contribution in [1.82, 2.24) is 0 Å². The maximum atomic E-state index is 10.8. The van der Waals surface area contributed by atoms with Gasteiger partial charge < -0.3 is 10.8 Å². The molecule has 68 valence electrons. The van der Waals surface area contributed by atoms with Gasteiger partial charge in [-0.05, 0) is 31.1 Å². The number of aliphatic carboxylic acids is 1. The Balaban J connectivity index is 2.14. The highest BCUT2D eigenvalue weighted by Gasteiger charge is 2.46. The van der Waals surface area contributed by atoms with Crippen LogP contribution in [0.5, 0.6) is 0 Å². The quantitative estimate of drug-likeness (QED) is 0.611. The van der Waals surface area contributed by atoms with Crippen LogP contribution in [-0.2, 0) is 4.79 Å². The molecule has 2 aliphatic carbocycles. The van der Waals surface area contributed by atoms with Crippen LogP contribution in [0.1, 0.15) is 25.7 Å². The van der Waals surface area contributed by atoms with E-state index >= 15 is 0 Å². The Hall–Kier alpha value is -0.570. The molecule has 2 aliphatic rings. The third-order valence-corrected chi connectivity index (χ3v) is 3.53. The maximum absolute atomic E-state index is 10.8.